The molecule has 0 aliphatic rings. The molecule has 5 heterocycles. The van der Waals surface area contributed by atoms with Crippen molar-refractivity contribution in [1.82, 2.24) is 30.1 Å². The molecule has 5 rings (SSSR count). The average molecular weight is 342 g/mol. The summed E-state index contributed by atoms with van der Waals surface area (Å²) in [7, 11) is 1.62. The van der Waals surface area contributed by atoms with E-state index in [1.165, 1.54) is 0 Å². The molecule has 7 nitrogen and oxygen atoms in total. The minimum Gasteiger partial charge on any atom is -0.495 e. The predicted molar refractivity (Wildman–Crippen MR) is 98.8 cm³/mol. The summed E-state index contributed by atoms with van der Waals surface area (Å²) in [5.41, 5.74) is 5.14. The number of hydrogen-bond acceptors (Lipinski definition) is 5. The summed E-state index contributed by atoms with van der Waals surface area (Å²) in [5, 5.41) is 9.53. The fourth-order valence-electron chi connectivity index (χ4n) is 3.04. The molecule has 26 heavy (non-hydrogen) atoms. The van der Waals surface area contributed by atoms with Crippen molar-refractivity contribution < 1.29 is 4.74 Å². The van der Waals surface area contributed by atoms with Crippen molar-refractivity contribution in [2.45, 2.75) is 0 Å². The van der Waals surface area contributed by atoms with Gasteiger partial charge in [0.2, 0.25) is 0 Å². The second-order valence-corrected chi connectivity index (χ2v) is 5.93. The highest BCUT2D eigenvalue weighted by Crippen LogP contribution is 2.30. The molecule has 126 valence electrons. The zero-order chi connectivity index (χ0) is 17.5. The van der Waals surface area contributed by atoms with Crippen LogP contribution in [-0.2, 0) is 0 Å². The molecule has 0 unspecified atom stereocenters. The van der Waals surface area contributed by atoms with E-state index in [0.717, 1.165) is 44.6 Å². The highest BCUT2D eigenvalue weighted by molar-refractivity contribution is 5.96. The van der Waals surface area contributed by atoms with Gasteiger partial charge >= 0.3 is 0 Å². The summed E-state index contributed by atoms with van der Waals surface area (Å²) >= 11 is 0. The fourth-order valence-corrected chi connectivity index (χ4v) is 3.04. The summed E-state index contributed by atoms with van der Waals surface area (Å²) in [4.78, 5) is 16.4. The topological polar surface area (TPSA) is 92.4 Å². The number of H-pyrrole nitrogens is 2. The maximum Gasteiger partial charge on any atom is 0.137 e. The van der Waals surface area contributed by atoms with Gasteiger partial charge in [0.25, 0.3) is 0 Å². The Balaban J connectivity index is 1.67. The second kappa shape index (κ2) is 5.66. The minimum atomic E-state index is 0.693. The van der Waals surface area contributed by atoms with Gasteiger partial charge in [-0.1, -0.05) is 0 Å². The van der Waals surface area contributed by atoms with E-state index in [9.17, 15) is 0 Å². The van der Waals surface area contributed by atoms with Crippen molar-refractivity contribution in [2.75, 3.05) is 7.11 Å². The number of fused-ring (bicyclic) bond motifs is 2. The summed E-state index contributed by atoms with van der Waals surface area (Å²) < 4.78 is 5.25. The zero-order valence-electron chi connectivity index (χ0n) is 13.9. The first-order valence-electron chi connectivity index (χ1n) is 8.09. The van der Waals surface area contributed by atoms with Crippen molar-refractivity contribution in [3.8, 4) is 28.4 Å². The third-order valence-electron chi connectivity index (χ3n) is 4.34. The SMILES string of the molecule is COc1cncc(-c2cc3c(-c4cc5cccnc5[nH]4)n[nH]c3cn2)c1. The van der Waals surface area contributed by atoms with Gasteiger partial charge in [-0.05, 0) is 30.3 Å². The third kappa shape index (κ3) is 2.29. The molecular formula is C19H14N6O. The van der Waals surface area contributed by atoms with Crippen molar-refractivity contribution in [3.05, 3.63) is 55.1 Å². The van der Waals surface area contributed by atoms with Crippen LogP contribution in [0.15, 0.2) is 55.1 Å². The predicted octanol–water partition coefficient (Wildman–Crippen LogP) is 3.57. The number of aromatic nitrogens is 6. The van der Waals surface area contributed by atoms with Gasteiger partial charge in [-0.3, -0.25) is 15.1 Å². The van der Waals surface area contributed by atoms with Gasteiger partial charge in [-0.15, -0.1) is 0 Å². The van der Waals surface area contributed by atoms with E-state index < -0.39 is 0 Å². The van der Waals surface area contributed by atoms with Gasteiger partial charge < -0.3 is 9.72 Å². The molecule has 7 heteroatoms. The number of nitrogens with zero attached hydrogens (tertiary/aromatic N) is 4. The molecule has 0 aliphatic carbocycles. The second-order valence-electron chi connectivity index (χ2n) is 5.93. The molecule has 0 radical (unpaired) electrons. The molecule has 0 bridgehead atoms. The summed E-state index contributed by atoms with van der Waals surface area (Å²) in [5.74, 6) is 0.693. The number of hydrogen-bond donors (Lipinski definition) is 2. The lowest BCUT2D eigenvalue weighted by atomic mass is 10.1. The molecule has 0 aliphatic heterocycles. The van der Waals surface area contributed by atoms with Crippen LogP contribution in [0.2, 0.25) is 0 Å². The molecule has 0 atom stereocenters. The van der Waals surface area contributed by atoms with Crippen LogP contribution in [0.1, 0.15) is 0 Å². The van der Waals surface area contributed by atoms with Crippen LogP contribution in [0.5, 0.6) is 5.75 Å². The number of ether oxygens (including phenoxy) is 1. The van der Waals surface area contributed by atoms with E-state index in [1.54, 1.807) is 31.9 Å². The Labute approximate surface area is 148 Å². The van der Waals surface area contributed by atoms with E-state index in [0.29, 0.717) is 5.75 Å². The summed E-state index contributed by atoms with van der Waals surface area (Å²) in [6.07, 6.45) is 6.98. The van der Waals surface area contributed by atoms with E-state index >= 15 is 0 Å². The molecule has 0 amide bonds. The van der Waals surface area contributed by atoms with Crippen molar-refractivity contribution >= 4 is 21.9 Å². The van der Waals surface area contributed by atoms with Gasteiger partial charge in [0.05, 0.1) is 36.4 Å². The van der Waals surface area contributed by atoms with Crippen LogP contribution in [0.25, 0.3) is 44.6 Å². The van der Waals surface area contributed by atoms with Crippen LogP contribution >= 0.6 is 0 Å². The molecule has 0 saturated carbocycles. The molecule has 0 aromatic carbocycles. The number of pyridine rings is 3. The van der Waals surface area contributed by atoms with Gasteiger partial charge in [-0.2, -0.15) is 5.10 Å². The van der Waals surface area contributed by atoms with Crippen molar-refractivity contribution in [2.24, 2.45) is 0 Å². The normalized spacial score (nSPS) is 11.3. The molecule has 0 saturated heterocycles. The zero-order valence-corrected chi connectivity index (χ0v) is 13.9. The monoisotopic (exact) mass is 342 g/mol. The highest BCUT2D eigenvalue weighted by Gasteiger charge is 2.13. The maximum absolute atomic E-state index is 5.25. The lowest BCUT2D eigenvalue weighted by molar-refractivity contribution is 0.413. The number of rotatable bonds is 3. The fraction of sp³-hybridized carbons (Fsp3) is 0.0526. The first-order chi connectivity index (χ1) is 12.8. The molecular weight excluding hydrogens is 328 g/mol. The van der Waals surface area contributed by atoms with Gasteiger partial charge in [0, 0.05) is 28.7 Å². The third-order valence-corrected chi connectivity index (χ3v) is 4.34. The van der Waals surface area contributed by atoms with E-state index in [2.05, 4.69) is 30.1 Å². The van der Waals surface area contributed by atoms with Crippen LogP contribution in [-0.4, -0.2) is 37.2 Å². The highest BCUT2D eigenvalue weighted by atomic mass is 16.5. The minimum absolute atomic E-state index is 0.693. The lowest BCUT2D eigenvalue weighted by Crippen LogP contribution is -1.88. The van der Waals surface area contributed by atoms with Crippen LogP contribution in [0.4, 0.5) is 0 Å². The van der Waals surface area contributed by atoms with E-state index in [1.807, 2.05) is 30.3 Å². The van der Waals surface area contributed by atoms with Gasteiger partial charge in [0.1, 0.15) is 17.1 Å². The first kappa shape index (κ1) is 14.6. The van der Waals surface area contributed by atoms with Crippen LogP contribution < -0.4 is 4.74 Å². The van der Waals surface area contributed by atoms with Gasteiger partial charge in [0.15, 0.2) is 0 Å². The lowest BCUT2D eigenvalue weighted by Gasteiger charge is -2.04. The smallest absolute Gasteiger partial charge is 0.137 e. The quantitative estimate of drug-likeness (QED) is 0.523. The average Bonchev–Trinajstić information content (AvgIpc) is 3.31. The van der Waals surface area contributed by atoms with Crippen molar-refractivity contribution in [1.29, 1.82) is 0 Å². The van der Waals surface area contributed by atoms with Crippen LogP contribution in [0, 0.1) is 0 Å². The molecule has 5 aromatic rings. The Morgan fingerprint density at radius 1 is 1.04 bits per heavy atom. The Hall–Kier alpha value is -3.74. The molecule has 5 aromatic heterocycles. The maximum atomic E-state index is 5.25. The van der Waals surface area contributed by atoms with Crippen LogP contribution in [0.3, 0.4) is 0 Å². The summed E-state index contributed by atoms with van der Waals surface area (Å²) in [6.45, 7) is 0. The number of nitrogens with one attached hydrogen (secondary N) is 2. The summed E-state index contributed by atoms with van der Waals surface area (Å²) in [6, 6.07) is 9.90. The Morgan fingerprint density at radius 3 is 2.88 bits per heavy atom. The number of methoxy groups -OCH3 is 1. The van der Waals surface area contributed by atoms with Crippen molar-refractivity contribution in [3.63, 3.8) is 0 Å². The Kier molecular flexibility index (Phi) is 3.18. The van der Waals surface area contributed by atoms with E-state index in [-0.39, 0.29) is 0 Å². The first-order valence-corrected chi connectivity index (χ1v) is 8.09. The molecule has 0 spiro atoms. The molecule has 2 N–H and O–H groups in total. The Bertz CT molecular complexity index is 1210. The van der Waals surface area contributed by atoms with Gasteiger partial charge in [-0.25, -0.2) is 4.98 Å². The largest absolute Gasteiger partial charge is 0.495 e. The number of aromatic amines is 2. The van der Waals surface area contributed by atoms with E-state index in [4.69, 9.17) is 4.74 Å². The standard InChI is InChI=1S/C19H14N6O/c1-26-13-5-12(8-20-9-13)15-7-14-17(10-22-15)24-25-18(14)16-6-11-3-2-4-21-19(11)23-16/h2-10H,1H3,(H,21,23)(H,24,25). The molecule has 0 fully saturated rings. The Morgan fingerprint density at radius 2 is 2.00 bits per heavy atom.